The summed E-state index contributed by atoms with van der Waals surface area (Å²) in [7, 11) is 0. The molecule has 18 heavy (non-hydrogen) atoms. The van der Waals surface area contributed by atoms with Gasteiger partial charge < -0.3 is 19.0 Å². The second-order valence-corrected chi connectivity index (χ2v) is 4.50. The van der Waals surface area contributed by atoms with E-state index in [1.807, 2.05) is 0 Å². The van der Waals surface area contributed by atoms with Gasteiger partial charge in [0.1, 0.15) is 5.76 Å². The summed E-state index contributed by atoms with van der Waals surface area (Å²) in [6.07, 6.45) is 3.51. The van der Waals surface area contributed by atoms with Crippen LogP contribution in [0.1, 0.15) is 41.1 Å². The molecule has 100 valence electrons. The summed E-state index contributed by atoms with van der Waals surface area (Å²) < 4.78 is 16.2. The zero-order valence-electron chi connectivity index (χ0n) is 10.5. The van der Waals surface area contributed by atoms with Gasteiger partial charge in [0, 0.05) is 12.2 Å². The van der Waals surface area contributed by atoms with E-state index in [1.165, 1.54) is 12.5 Å². The van der Waals surface area contributed by atoms with Crippen LogP contribution in [0.3, 0.4) is 0 Å². The van der Waals surface area contributed by atoms with Crippen molar-refractivity contribution in [3.8, 4) is 0 Å². The van der Waals surface area contributed by atoms with Crippen molar-refractivity contribution < 1.29 is 23.8 Å². The van der Waals surface area contributed by atoms with Crippen LogP contribution in [0.25, 0.3) is 0 Å². The molecule has 1 atom stereocenters. The summed E-state index contributed by atoms with van der Waals surface area (Å²) >= 11 is 0. The van der Waals surface area contributed by atoms with Gasteiger partial charge in [-0.3, -0.25) is 0 Å². The molecule has 1 aromatic rings. The summed E-state index contributed by atoms with van der Waals surface area (Å²) in [5.74, 6) is -0.503. The molecule has 0 bridgehead atoms. The maximum Gasteiger partial charge on any atom is 0.371 e. The van der Waals surface area contributed by atoms with E-state index < -0.39 is 5.97 Å². The maximum absolute atomic E-state index is 10.7. The van der Waals surface area contributed by atoms with Gasteiger partial charge in [0.05, 0.1) is 19.3 Å². The molecule has 0 aliphatic carbocycles. The fourth-order valence-electron chi connectivity index (χ4n) is 2.01. The van der Waals surface area contributed by atoms with Crippen molar-refractivity contribution in [3.63, 3.8) is 0 Å². The average molecular weight is 254 g/mol. The van der Waals surface area contributed by atoms with E-state index in [0.29, 0.717) is 19.0 Å². The Morgan fingerprint density at radius 2 is 2.39 bits per heavy atom. The lowest BCUT2D eigenvalue weighted by Crippen LogP contribution is -2.24. The number of carbonyl (C=O) groups is 1. The number of hydrogen-bond acceptors (Lipinski definition) is 4. The zero-order chi connectivity index (χ0) is 13.0. The molecule has 0 spiro atoms. The first-order valence-corrected chi connectivity index (χ1v) is 6.19. The molecule has 1 aliphatic heterocycles. The van der Waals surface area contributed by atoms with Crippen LogP contribution in [-0.2, 0) is 16.1 Å². The number of aromatic carboxylic acids is 1. The molecule has 1 aliphatic rings. The predicted molar refractivity (Wildman–Crippen MR) is 63.7 cm³/mol. The van der Waals surface area contributed by atoms with Crippen molar-refractivity contribution in [2.24, 2.45) is 0 Å². The Hall–Kier alpha value is -1.33. The number of carboxylic acids is 1. The molecule has 2 rings (SSSR count). The third kappa shape index (κ3) is 3.34. The van der Waals surface area contributed by atoms with Crippen LogP contribution in [-0.4, -0.2) is 30.4 Å². The van der Waals surface area contributed by atoms with E-state index >= 15 is 0 Å². The Morgan fingerprint density at radius 1 is 1.56 bits per heavy atom. The monoisotopic (exact) mass is 254 g/mol. The second kappa shape index (κ2) is 6.02. The van der Waals surface area contributed by atoms with Gasteiger partial charge >= 0.3 is 5.97 Å². The molecule has 0 aromatic carbocycles. The van der Waals surface area contributed by atoms with Gasteiger partial charge in [0.25, 0.3) is 0 Å². The van der Waals surface area contributed by atoms with E-state index in [2.05, 4.69) is 0 Å². The number of aryl methyl sites for hydroxylation is 1. The van der Waals surface area contributed by atoms with Crippen LogP contribution >= 0.6 is 0 Å². The van der Waals surface area contributed by atoms with Gasteiger partial charge in [0.2, 0.25) is 5.76 Å². The van der Waals surface area contributed by atoms with Gasteiger partial charge in [-0.15, -0.1) is 0 Å². The highest BCUT2D eigenvalue weighted by Gasteiger charge is 2.16. The van der Waals surface area contributed by atoms with E-state index in [1.54, 1.807) is 6.92 Å². The van der Waals surface area contributed by atoms with Gasteiger partial charge in [-0.25, -0.2) is 4.79 Å². The SMILES string of the molecule is Cc1oc(C(=O)O)cc1COCC1CCCCO1. The highest BCUT2D eigenvalue weighted by atomic mass is 16.5. The molecule has 5 nitrogen and oxygen atoms in total. The van der Waals surface area contributed by atoms with Crippen LogP contribution in [0.4, 0.5) is 0 Å². The Bertz CT molecular complexity index is 404. The molecule has 0 radical (unpaired) electrons. The molecule has 5 heteroatoms. The van der Waals surface area contributed by atoms with E-state index in [4.69, 9.17) is 19.0 Å². The Morgan fingerprint density at radius 3 is 3.00 bits per heavy atom. The second-order valence-electron chi connectivity index (χ2n) is 4.50. The van der Waals surface area contributed by atoms with Gasteiger partial charge in [-0.2, -0.15) is 0 Å². The van der Waals surface area contributed by atoms with Gasteiger partial charge in [0.15, 0.2) is 0 Å². The first kappa shape index (κ1) is 13.1. The quantitative estimate of drug-likeness (QED) is 0.873. The zero-order valence-corrected chi connectivity index (χ0v) is 10.5. The molecule has 0 saturated carbocycles. The first-order chi connectivity index (χ1) is 8.66. The summed E-state index contributed by atoms with van der Waals surface area (Å²) in [5, 5.41) is 8.80. The average Bonchev–Trinajstić information content (AvgIpc) is 2.73. The van der Waals surface area contributed by atoms with E-state index in [9.17, 15) is 4.79 Å². The molecule has 1 saturated heterocycles. The summed E-state index contributed by atoms with van der Waals surface area (Å²) in [6, 6.07) is 1.51. The van der Waals surface area contributed by atoms with Gasteiger partial charge in [-0.1, -0.05) is 0 Å². The van der Waals surface area contributed by atoms with Crippen molar-refractivity contribution >= 4 is 5.97 Å². The summed E-state index contributed by atoms with van der Waals surface area (Å²) in [4.78, 5) is 10.7. The molecule has 0 amide bonds. The molecule has 1 fully saturated rings. The van der Waals surface area contributed by atoms with Crippen molar-refractivity contribution in [3.05, 3.63) is 23.2 Å². The highest BCUT2D eigenvalue weighted by molar-refractivity contribution is 5.84. The van der Waals surface area contributed by atoms with Crippen molar-refractivity contribution in [1.29, 1.82) is 0 Å². The van der Waals surface area contributed by atoms with Crippen LogP contribution in [0.2, 0.25) is 0 Å². The van der Waals surface area contributed by atoms with Crippen LogP contribution in [0.5, 0.6) is 0 Å². The maximum atomic E-state index is 10.7. The minimum absolute atomic E-state index is 0.0417. The molecule has 1 aromatic heterocycles. The lowest BCUT2D eigenvalue weighted by Gasteiger charge is -2.22. The third-order valence-corrected chi connectivity index (χ3v) is 3.07. The Balaban J connectivity index is 1.80. The van der Waals surface area contributed by atoms with Crippen LogP contribution in [0, 0.1) is 6.92 Å². The number of rotatable bonds is 5. The normalized spacial score (nSPS) is 19.9. The predicted octanol–water partition coefficient (Wildman–Crippen LogP) is 2.37. The number of ether oxygens (including phenoxy) is 2. The van der Waals surface area contributed by atoms with Crippen LogP contribution in [0.15, 0.2) is 10.5 Å². The Labute approximate surface area is 106 Å². The number of carboxylic acid groups (broad SMARTS) is 1. The lowest BCUT2D eigenvalue weighted by molar-refractivity contribution is -0.0449. The molecule has 1 unspecified atom stereocenters. The number of hydrogen-bond donors (Lipinski definition) is 1. The minimum Gasteiger partial charge on any atom is -0.475 e. The summed E-state index contributed by atoms with van der Waals surface area (Å²) in [5.41, 5.74) is 0.781. The third-order valence-electron chi connectivity index (χ3n) is 3.07. The topological polar surface area (TPSA) is 68.9 Å². The molecular formula is C13H18O5. The molecular weight excluding hydrogens is 236 g/mol. The number of furan rings is 1. The minimum atomic E-state index is -1.06. The Kier molecular flexibility index (Phi) is 4.38. The van der Waals surface area contributed by atoms with Crippen molar-refractivity contribution in [1.82, 2.24) is 0 Å². The fourth-order valence-corrected chi connectivity index (χ4v) is 2.01. The highest BCUT2D eigenvalue weighted by Crippen LogP contribution is 2.17. The summed E-state index contributed by atoms with van der Waals surface area (Å²) in [6.45, 7) is 3.46. The van der Waals surface area contributed by atoms with Crippen molar-refractivity contribution in [2.45, 2.75) is 38.9 Å². The van der Waals surface area contributed by atoms with E-state index in [0.717, 1.165) is 25.0 Å². The first-order valence-electron chi connectivity index (χ1n) is 6.19. The molecule has 1 N–H and O–H groups in total. The van der Waals surface area contributed by atoms with E-state index in [-0.39, 0.29) is 11.9 Å². The standard InChI is InChI=1S/C13H18O5/c1-9-10(6-12(18-9)13(14)15)7-16-8-11-4-2-3-5-17-11/h6,11H,2-5,7-8H2,1H3,(H,14,15). The van der Waals surface area contributed by atoms with Crippen LogP contribution < -0.4 is 0 Å². The largest absolute Gasteiger partial charge is 0.475 e. The smallest absolute Gasteiger partial charge is 0.371 e. The lowest BCUT2D eigenvalue weighted by atomic mass is 10.1. The fraction of sp³-hybridized carbons (Fsp3) is 0.615. The molecule has 2 heterocycles. The van der Waals surface area contributed by atoms with Crippen molar-refractivity contribution in [2.75, 3.05) is 13.2 Å². The van der Waals surface area contributed by atoms with Gasteiger partial charge in [-0.05, 0) is 32.3 Å².